The van der Waals surface area contributed by atoms with E-state index in [2.05, 4.69) is 20.4 Å². The SMILES string of the molecule is COCCCN1CCN(C(=O)Nc2ccc(Oc3ccnc(-c4cnn(C)c4)c3)cn2)C1=O. The molecule has 0 atom stereocenters. The predicted octanol–water partition coefficient (Wildman–Crippen LogP) is 2.98. The Kier molecular flexibility index (Phi) is 6.79. The first kappa shape index (κ1) is 22.2. The summed E-state index contributed by atoms with van der Waals surface area (Å²) in [6, 6.07) is 6.04. The van der Waals surface area contributed by atoms with Crippen molar-refractivity contribution in [2.45, 2.75) is 6.42 Å². The Hall–Kier alpha value is -3.99. The highest BCUT2D eigenvalue weighted by Crippen LogP contribution is 2.25. The monoisotopic (exact) mass is 451 g/mol. The van der Waals surface area contributed by atoms with Gasteiger partial charge in [-0.05, 0) is 24.6 Å². The first-order chi connectivity index (χ1) is 16.0. The molecule has 33 heavy (non-hydrogen) atoms. The molecular formula is C22H25N7O4. The van der Waals surface area contributed by atoms with E-state index in [-0.39, 0.29) is 6.03 Å². The van der Waals surface area contributed by atoms with Crippen molar-refractivity contribution < 1.29 is 19.1 Å². The van der Waals surface area contributed by atoms with Crippen molar-refractivity contribution in [3.63, 3.8) is 0 Å². The number of amides is 4. The lowest BCUT2D eigenvalue weighted by atomic mass is 10.2. The van der Waals surface area contributed by atoms with Crippen molar-refractivity contribution in [3.8, 4) is 22.8 Å². The van der Waals surface area contributed by atoms with Gasteiger partial charge >= 0.3 is 12.1 Å². The summed E-state index contributed by atoms with van der Waals surface area (Å²) in [5.41, 5.74) is 1.62. The van der Waals surface area contributed by atoms with Crippen LogP contribution in [0.3, 0.4) is 0 Å². The van der Waals surface area contributed by atoms with Gasteiger partial charge < -0.3 is 14.4 Å². The zero-order valence-electron chi connectivity index (χ0n) is 18.5. The molecular weight excluding hydrogens is 426 g/mol. The van der Waals surface area contributed by atoms with Gasteiger partial charge in [0.2, 0.25) is 0 Å². The van der Waals surface area contributed by atoms with Gasteiger partial charge in [0.1, 0.15) is 17.3 Å². The lowest BCUT2D eigenvalue weighted by Crippen LogP contribution is -2.39. The van der Waals surface area contributed by atoms with Crippen molar-refractivity contribution in [1.29, 1.82) is 0 Å². The summed E-state index contributed by atoms with van der Waals surface area (Å²) in [6.45, 7) is 1.96. The van der Waals surface area contributed by atoms with Crippen molar-refractivity contribution >= 4 is 17.9 Å². The number of imide groups is 1. The molecule has 1 saturated heterocycles. The molecule has 0 bridgehead atoms. The van der Waals surface area contributed by atoms with E-state index >= 15 is 0 Å². The largest absolute Gasteiger partial charge is 0.456 e. The van der Waals surface area contributed by atoms with Gasteiger partial charge in [-0.15, -0.1) is 0 Å². The van der Waals surface area contributed by atoms with E-state index in [0.717, 1.165) is 17.7 Å². The van der Waals surface area contributed by atoms with Crippen molar-refractivity contribution in [3.05, 3.63) is 49.1 Å². The van der Waals surface area contributed by atoms with Crippen LogP contribution in [-0.4, -0.2) is 75.0 Å². The number of hydrogen-bond donors (Lipinski definition) is 1. The van der Waals surface area contributed by atoms with E-state index < -0.39 is 6.03 Å². The molecule has 11 nitrogen and oxygen atoms in total. The Morgan fingerprint density at radius 3 is 2.76 bits per heavy atom. The third-order valence-electron chi connectivity index (χ3n) is 5.06. The number of hydrogen-bond acceptors (Lipinski definition) is 7. The number of ether oxygens (including phenoxy) is 2. The lowest BCUT2D eigenvalue weighted by molar-refractivity contribution is 0.171. The summed E-state index contributed by atoms with van der Waals surface area (Å²) >= 11 is 0. The zero-order valence-corrected chi connectivity index (χ0v) is 18.5. The number of rotatable bonds is 8. The van der Waals surface area contributed by atoms with Gasteiger partial charge in [0.15, 0.2) is 0 Å². The van der Waals surface area contributed by atoms with E-state index in [0.29, 0.717) is 43.6 Å². The van der Waals surface area contributed by atoms with Crippen LogP contribution in [0.4, 0.5) is 15.4 Å². The molecule has 11 heteroatoms. The average molecular weight is 451 g/mol. The molecule has 4 heterocycles. The minimum Gasteiger partial charge on any atom is -0.456 e. The fourth-order valence-electron chi connectivity index (χ4n) is 3.39. The molecule has 0 saturated carbocycles. The highest BCUT2D eigenvalue weighted by molar-refractivity contribution is 6.01. The van der Waals surface area contributed by atoms with E-state index in [1.54, 1.807) is 47.3 Å². The molecule has 1 aliphatic rings. The standard InChI is InChI=1S/C22H25N7O4/c1-27-15-16(13-25-27)19-12-17(6-7-23-19)33-18-4-5-20(24-14-18)26-21(30)29-10-9-28(22(29)31)8-3-11-32-2/h4-7,12-15H,3,8-11H2,1-2H3,(H,24,26,30). The number of methoxy groups -OCH3 is 1. The number of anilines is 1. The summed E-state index contributed by atoms with van der Waals surface area (Å²) in [5, 5.41) is 6.81. The van der Waals surface area contributed by atoms with E-state index in [1.807, 2.05) is 19.3 Å². The second-order valence-corrected chi connectivity index (χ2v) is 7.46. The molecule has 0 aliphatic carbocycles. The van der Waals surface area contributed by atoms with Gasteiger partial charge in [-0.25, -0.2) is 19.5 Å². The number of nitrogens with zero attached hydrogens (tertiary/aromatic N) is 6. The van der Waals surface area contributed by atoms with E-state index in [9.17, 15) is 9.59 Å². The summed E-state index contributed by atoms with van der Waals surface area (Å²) < 4.78 is 12.6. The smallest absolute Gasteiger partial charge is 0.331 e. The quantitative estimate of drug-likeness (QED) is 0.524. The second kappa shape index (κ2) is 10.1. The average Bonchev–Trinajstić information content (AvgIpc) is 3.41. The molecule has 3 aromatic heterocycles. The van der Waals surface area contributed by atoms with Gasteiger partial charge in [-0.2, -0.15) is 5.10 Å². The van der Waals surface area contributed by atoms with Crippen molar-refractivity contribution in [2.24, 2.45) is 7.05 Å². The zero-order chi connectivity index (χ0) is 23.2. The number of aromatic nitrogens is 4. The maximum Gasteiger partial charge on any atom is 0.331 e. The van der Waals surface area contributed by atoms with Crippen LogP contribution in [0.5, 0.6) is 11.5 Å². The number of urea groups is 2. The summed E-state index contributed by atoms with van der Waals surface area (Å²) in [4.78, 5) is 36.3. The van der Waals surface area contributed by atoms with E-state index in [1.165, 1.54) is 11.1 Å². The molecule has 1 fully saturated rings. The molecule has 4 rings (SSSR count). The van der Waals surface area contributed by atoms with Gasteiger partial charge in [0, 0.05) is 64.4 Å². The van der Waals surface area contributed by atoms with Crippen LogP contribution in [0, 0.1) is 0 Å². The van der Waals surface area contributed by atoms with Crippen LogP contribution in [0.25, 0.3) is 11.3 Å². The number of carbonyl (C=O) groups is 2. The third kappa shape index (κ3) is 5.44. The number of pyridine rings is 2. The first-order valence-corrected chi connectivity index (χ1v) is 10.5. The van der Waals surface area contributed by atoms with Crippen LogP contribution in [0.15, 0.2) is 49.1 Å². The molecule has 4 amide bonds. The van der Waals surface area contributed by atoms with Gasteiger partial charge in [-0.3, -0.25) is 15.0 Å². The summed E-state index contributed by atoms with van der Waals surface area (Å²) in [6.07, 6.45) is 7.49. The van der Waals surface area contributed by atoms with Crippen LogP contribution < -0.4 is 10.1 Å². The predicted molar refractivity (Wildman–Crippen MR) is 120 cm³/mol. The highest BCUT2D eigenvalue weighted by atomic mass is 16.5. The fraction of sp³-hybridized carbons (Fsp3) is 0.318. The van der Waals surface area contributed by atoms with Gasteiger partial charge in [-0.1, -0.05) is 0 Å². The van der Waals surface area contributed by atoms with Crippen LogP contribution >= 0.6 is 0 Å². The molecule has 172 valence electrons. The Bertz CT molecular complexity index is 1120. The summed E-state index contributed by atoms with van der Waals surface area (Å²) in [7, 11) is 3.46. The van der Waals surface area contributed by atoms with Crippen LogP contribution in [0.1, 0.15) is 6.42 Å². The molecule has 1 N–H and O–H groups in total. The first-order valence-electron chi connectivity index (χ1n) is 10.5. The minimum absolute atomic E-state index is 0.314. The molecule has 0 radical (unpaired) electrons. The lowest BCUT2D eigenvalue weighted by Gasteiger charge is -2.17. The molecule has 0 unspecified atom stereocenters. The fourth-order valence-corrected chi connectivity index (χ4v) is 3.39. The van der Waals surface area contributed by atoms with Gasteiger partial charge in [0.25, 0.3) is 0 Å². The number of nitrogens with one attached hydrogen (secondary N) is 1. The summed E-state index contributed by atoms with van der Waals surface area (Å²) in [5.74, 6) is 1.42. The Balaban J connectivity index is 1.33. The molecule has 0 aromatic carbocycles. The topological polar surface area (TPSA) is 115 Å². The Morgan fingerprint density at radius 2 is 2.03 bits per heavy atom. The van der Waals surface area contributed by atoms with Crippen LogP contribution in [-0.2, 0) is 11.8 Å². The van der Waals surface area contributed by atoms with Gasteiger partial charge in [0.05, 0.1) is 18.1 Å². The Morgan fingerprint density at radius 1 is 1.15 bits per heavy atom. The van der Waals surface area contributed by atoms with Crippen molar-refractivity contribution in [1.82, 2.24) is 29.5 Å². The van der Waals surface area contributed by atoms with Crippen LogP contribution in [0.2, 0.25) is 0 Å². The third-order valence-corrected chi connectivity index (χ3v) is 5.06. The number of aryl methyl sites for hydroxylation is 1. The second-order valence-electron chi connectivity index (χ2n) is 7.46. The highest BCUT2D eigenvalue weighted by Gasteiger charge is 2.32. The maximum absolute atomic E-state index is 12.5. The van der Waals surface area contributed by atoms with Crippen molar-refractivity contribution in [2.75, 3.05) is 38.7 Å². The molecule has 0 spiro atoms. The molecule has 3 aromatic rings. The number of carbonyl (C=O) groups excluding carboxylic acids is 2. The normalized spacial score (nSPS) is 13.5. The van der Waals surface area contributed by atoms with E-state index in [4.69, 9.17) is 9.47 Å². The Labute approximate surface area is 190 Å². The molecule has 1 aliphatic heterocycles. The maximum atomic E-state index is 12.5. The minimum atomic E-state index is -0.509.